The van der Waals surface area contributed by atoms with Gasteiger partial charge >= 0.3 is 0 Å². The summed E-state index contributed by atoms with van der Waals surface area (Å²) in [5, 5.41) is 3.20. The zero-order chi connectivity index (χ0) is 27.3. The minimum absolute atomic E-state index is 0.0369. The van der Waals surface area contributed by atoms with Crippen LogP contribution in [-0.2, 0) is 16.3 Å². The van der Waals surface area contributed by atoms with Crippen LogP contribution in [0, 0.1) is 17.6 Å². The molecule has 2 N–H and O–H groups in total. The Balaban J connectivity index is 1.41. The van der Waals surface area contributed by atoms with E-state index in [1.807, 2.05) is 19.1 Å². The Labute approximate surface area is 227 Å². The highest BCUT2D eigenvalue weighted by molar-refractivity contribution is 7.91. The first-order valence-corrected chi connectivity index (χ1v) is 15.3. The molecule has 11 heteroatoms. The van der Waals surface area contributed by atoms with Crippen molar-refractivity contribution >= 4 is 26.7 Å². The SMILES string of the molecule is Cc1ncnc(C2CC2)c1-c1ncc2nc(NCc3ccc(S(C)(=N)=O)cc3)c(=O)n(C(C)C3CCC3)c2n1. The molecule has 10 nitrogen and oxygen atoms in total. The van der Waals surface area contributed by atoms with Crippen LogP contribution in [0.2, 0.25) is 0 Å². The summed E-state index contributed by atoms with van der Waals surface area (Å²) in [6.07, 6.45) is 10.2. The summed E-state index contributed by atoms with van der Waals surface area (Å²) in [6, 6.07) is 6.97. The van der Waals surface area contributed by atoms with E-state index in [1.165, 1.54) is 12.7 Å². The second kappa shape index (κ2) is 9.78. The normalized spacial score (nSPS) is 17.9. The minimum Gasteiger partial charge on any atom is -0.361 e. The molecule has 2 unspecified atom stereocenters. The average Bonchev–Trinajstić information content (AvgIpc) is 3.71. The average molecular weight is 545 g/mol. The summed E-state index contributed by atoms with van der Waals surface area (Å²) < 4.78 is 21.5. The standard InChI is InChI=1S/C28H32N8O2S/c1-16-23(24(20-9-10-20)33-15-32-16)25-31-14-22-27(35-25)36(17(2)19-5-4-6-19)28(37)26(34-22)30-13-18-7-11-21(12-8-18)39(3,29)38/h7-8,11-12,14-15,17,19-20,29H,4-6,9-10,13H2,1-3H3,(H,30,34). The van der Waals surface area contributed by atoms with Crippen molar-refractivity contribution in [2.24, 2.45) is 5.92 Å². The number of anilines is 1. The molecule has 2 saturated carbocycles. The maximum atomic E-state index is 13.9. The molecule has 39 heavy (non-hydrogen) atoms. The van der Waals surface area contributed by atoms with Gasteiger partial charge in [-0.3, -0.25) is 9.36 Å². The smallest absolute Gasteiger partial charge is 0.295 e. The number of nitrogens with one attached hydrogen (secondary N) is 2. The maximum Gasteiger partial charge on any atom is 0.295 e. The Hall–Kier alpha value is -3.73. The van der Waals surface area contributed by atoms with Crippen LogP contribution < -0.4 is 10.9 Å². The van der Waals surface area contributed by atoms with E-state index in [9.17, 15) is 9.00 Å². The van der Waals surface area contributed by atoms with Gasteiger partial charge in [0.15, 0.2) is 17.3 Å². The van der Waals surface area contributed by atoms with Crippen LogP contribution in [-0.4, -0.2) is 40.0 Å². The molecule has 2 aliphatic carbocycles. The first-order chi connectivity index (χ1) is 18.7. The van der Waals surface area contributed by atoms with Gasteiger partial charge in [-0.15, -0.1) is 0 Å². The molecule has 2 fully saturated rings. The summed E-state index contributed by atoms with van der Waals surface area (Å²) >= 11 is 0. The zero-order valence-corrected chi connectivity index (χ0v) is 23.2. The number of hydrogen-bond acceptors (Lipinski definition) is 9. The Morgan fingerprint density at radius 3 is 2.49 bits per heavy atom. The van der Waals surface area contributed by atoms with Gasteiger partial charge in [-0.25, -0.2) is 33.9 Å². The van der Waals surface area contributed by atoms with E-state index in [1.54, 1.807) is 29.2 Å². The van der Waals surface area contributed by atoms with Crippen LogP contribution in [0.1, 0.15) is 67.9 Å². The van der Waals surface area contributed by atoms with Gasteiger partial charge in [0.2, 0.25) is 0 Å². The highest BCUT2D eigenvalue weighted by Gasteiger charge is 2.31. The minimum atomic E-state index is -2.78. The van der Waals surface area contributed by atoms with Gasteiger partial charge in [0.25, 0.3) is 5.56 Å². The van der Waals surface area contributed by atoms with Crippen LogP contribution in [0.4, 0.5) is 5.82 Å². The molecule has 0 spiro atoms. The van der Waals surface area contributed by atoms with Crippen LogP contribution in [0.5, 0.6) is 0 Å². The van der Waals surface area contributed by atoms with Gasteiger partial charge in [0.05, 0.1) is 32.9 Å². The number of nitrogens with zero attached hydrogens (tertiary/aromatic N) is 6. The Morgan fingerprint density at radius 2 is 1.85 bits per heavy atom. The van der Waals surface area contributed by atoms with E-state index in [4.69, 9.17) is 9.76 Å². The lowest BCUT2D eigenvalue weighted by Crippen LogP contribution is -2.33. The fraction of sp³-hybridized carbons (Fsp3) is 0.429. The number of benzene rings is 1. The van der Waals surface area contributed by atoms with Crippen molar-refractivity contribution in [1.82, 2.24) is 29.5 Å². The zero-order valence-electron chi connectivity index (χ0n) is 22.3. The molecule has 4 aromatic rings. The third-order valence-corrected chi connectivity index (χ3v) is 9.13. The molecule has 0 saturated heterocycles. The number of aryl methyl sites for hydroxylation is 1. The molecule has 2 atom stereocenters. The fourth-order valence-electron chi connectivity index (χ4n) is 5.24. The molecule has 202 valence electrons. The largest absolute Gasteiger partial charge is 0.361 e. The molecular formula is C28H32N8O2S. The predicted octanol–water partition coefficient (Wildman–Crippen LogP) is 4.84. The van der Waals surface area contributed by atoms with Crippen molar-refractivity contribution in [3.05, 3.63) is 64.1 Å². The van der Waals surface area contributed by atoms with Crippen LogP contribution >= 0.6 is 0 Å². The van der Waals surface area contributed by atoms with Gasteiger partial charge in [-0.2, -0.15) is 0 Å². The first kappa shape index (κ1) is 25.5. The first-order valence-electron chi connectivity index (χ1n) is 13.4. The van der Waals surface area contributed by atoms with Gasteiger partial charge < -0.3 is 5.32 Å². The van der Waals surface area contributed by atoms with Crippen molar-refractivity contribution in [3.8, 4) is 11.4 Å². The number of hydrogen-bond donors (Lipinski definition) is 2. The summed E-state index contributed by atoms with van der Waals surface area (Å²) in [5.41, 5.74) is 4.40. The van der Waals surface area contributed by atoms with E-state index >= 15 is 0 Å². The van der Waals surface area contributed by atoms with E-state index in [-0.39, 0.29) is 17.4 Å². The summed E-state index contributed by atoms with van der Waals surface area (Å²) in [7, 11) is -2.78. The lowest BCUT2D eigenvalue weighted by atomic mass is 9.80. The lowest BCUT2D eigenvalue weighted by molar-refractivity contribution is 0.222. The van der Waals surface area contributed by atoms with E-state index < -0.39 is 9.73 Å². The van der Waals surface area contributed by atoms with Crippen LogP contribution in [0.15, 0.2) is 46.5 Å². The molecule has 0 radical (unpaired) electrons. The van der Waals surface area contributed by atoms with Crippen molar-refractivity contribution in [3.63, 3.8) is 0 Å². The van der Waals surface area contributed by atoms with Crippen molar-refractivity contribution in [1.29, 1.82) is 4.78 Å². The lowest BCUT2D eigenvalue weighted by Gasteiger charge is -2.33. The molecule has 3 aromatic heterocycles. The highest BCUT2D eigenvalue weighted by Crippen LogP contribution is 2.43. The number of aromatic nitrogens is 6. The van der Waals surface area contributed by atoms with E-state index in [0.29, 0.717) is 40.3 Å². The Kier molecular flexibility index (Phi) is 6.41. The third kappa shape index (κ3) is 4.91. The topological polar surface area (TPSA) is 139 Å². The quantitative estimate of drug-likeness (QED) is 0.321. The second-order valence-electron chi connectivity index (χ2n) is 10.8. The molecule has 6 rings (SSSR count). The molecule has 2 aliphatic rings. The highest BCUT2D eigenvalue weighted by atomic mass is 32.2. The molecular weight excluding hydrogens is 512 g/mol. The van der Waals surface area contributed by atoms with E-state index in [0.717, 1.165) is 48.2 Å². The fourth-order valence-corrected chi connectivity index (χ4v) is 5.89. The summed E-state index contributed by atoms with van der Waals surface area (Å²) in [4.78, 5) is 37.5. The summed E-state index contributed by atoms with van der Waals surface area (Å²) in [6.45, 7) is 4.39. The van der Waals surface area contributed by atoms with Crippen LogP contribution in [0.3, 0.4) is 0 Å². The van der Waals surface area contributed by atoms with E-state index in [2.05, 4.69) is 32.2 Å². The summed E-state index contributed by atoms with van der Waals surface area (Å²) in [5.74, 6) is 1.58. The van der Waals surface area contributed by atoms with Gasteiger partial charge in [0, 0.05) is 29.7 Å². The second-order valence-corrected chi connectivity index (χ2v) is 13.0. The molecule has 3 heterocycles. The van der Waals surface area contributed by atoms with Crippen LogP contribution in [0.25, 0.3) is 22.6 Å². The Morgan fingerprint density at radius 1 is 1.10 bits per heavy atom. The van der Waals surface area contributed by atoms with Gasteiger partial charge in [-0.1, -0.05) is 18.6 Å². The molecule has 1 aromatic carbocycles. The Bertz CT molecular complexity index is 1730. The van der Waals surface area contributed by atoms with Crippen molar-refractivity contribution in [2.45, 2.75) is 69.4 Å². The van der Waals surface area contributed by atoms with Crippen molar-refractivity contribution < 1.29 is 4.21 Å². The van der Waals surface area contributed by atoms with Gasteiger partial charge in [-0.05, 0) is 63.1 Å². The van der Waals surface area contributed by atoms with Gasteiger partial charge in [0.1, 0.15) is 11.8 Å². The maximum absolute atomic E-state index is 13.9. The van der Waals surface area contributed by atoms with Crippen molar-refractivity contribution in [2.75, 3.05) is 11.6 Å². The number of fused-ring (bicyclic) bond motifs is 1. The monoisotopic (exact) mass is 544 g/mol. The predicted molar refractivity (Wildman–Crippen MR) is 150 cm³/mol. The number of rotatable bonds is 8. The molecule has 0 aliphatic heterocycles. The molecule has 0 amide bonds. The third-order valence-electron chi connectivity index (χ3n) is 7.96. The molecule has 0 bridgehead atoms.